The van der Waals surface area contributed by atoms with Crippen molar-refractivity contribution in [2.45, 2.75) is 50.0 Å². The lowest BCUT2D eigenvalue weighted by molar-refractivity contribution is -0.122. The molecule has 1 heterocycles. The molecule has 2 aromatic carbocycles. The molecule has 4 rings (SSSR count). The van der Waals surface area contributed by atoms with E-state index in [1.165, 1.54) is 11.1 Å². The summed E-state index contributed by atoms with van der Waals surface area (Å²) in [7, 11) is 1.67. The summed E-state index contributed by atoms with van der Waals surface area (Å²) >= 11 is 1.76. The first kappa shape index (κ1) is 24.1. The van der Waals surface area contributed by atoms with Gasteiger partial charge < -0.3 is 9.15 Å². The number of hydrazone groups is 1. The maximum Gasteiger partial charge on any atom is 0.243 e. The van der Waals surface area contributed by atoms with Gasteiger partial charge in [0.25, 0.3) is 0 Å². The Morgan fingerprint density at radius 2 is 1.97 bits per heavy atom. The van der Waals surface area contributed by atoms with Crippen LogP contribution in [-0.2, 0) is 21.7 Å². The molecule has 2 atom stereocenters. The zero-order valence-electron chi connectivity index (χ0n) is 20.2. The van der Waals surface area contributed by atoms with Gasteiger partial charge in [0.1, 0.15) is 11.5 Å². The first-order valence-electron chi connectivity index (χ1n) is 11.6. The highest BCUT2D eigenvalue weighted by molar-refractivity contribution is 7.97. The number of carbonyl (C=O) groups is 1. The Kier molecular flexibility index (Phi) is 7.47. The molecule has 1 aromatic heterocycles. The van der Waals surface area contributed by atoms with Crippen molar-refractivity contribution in [1.29, 1.82) is 0 Å². The summed E-state index contributed by atoms with van der Waals surface area (Å²) in [6.45, 7) is 6.62. The van der Waals surface area contributed by atoms with E-state index in [0.717, 1.165) is 40.6 Å². The predicted octanol–water partition coefficient (Wildman–Crippen LogP) is 6.27. The van der Waals surface area contributed by atoms with E-state index >= 15 is 0 Å². The fraction of sp³-hybridized carbons (Fsp3) is 0.357. The summed E-state index contributed by atoms with van der Waals surface area (Å²) < 4.78 is 10.9. The molecule has 0 bridgehead atoms. The van der Waals surface area contributed by atoms with Crippen LogP contribution in [0, 0.1) is 5.92 Å². The van der Waals surface area contributed by atoms with Gasteiger partial charge in [-0.2, -0.15) is 5.10 Å². The minimum atomic E-state index is -0.0242. The average molecular weight is 477 g/mol. The van der Waals surface area contributed by atoms with Crippen LogP contribution in [0.25, 0.3) is 0 Å². The second-order valence-electron chi connectivity index (χ2n) is 9.70. The van der Waals surface area contributed by atoms with E-state index in [4.69, 9.17) is 9.15 Å². The van der Waals surface area contributed by atoms with E-state index < -0.39 is 0 Å². The van der Waals surface area contributed by atoms with E-state index in [2.05, 4.69) is 55.6 Å². The molecule has 34 heavy (non-hydrogen) atoms. The van der Waals surface area contributed by atoms with Crippen molar-refractivity contribution in [1.82, 2.24) is 5.43 Å². The molecule has 0 saturated heterocycles. The Bertz CT molecular complexity index is 1130. The molecule has 178 valence electrons. The highest BCUT2D eigenvalue weighted by atomic mass is 32.2. The summed E-state index contributed by atoms with van der Waals surface area (Å²) in [5, 5.41) is 4.21. The molecule has 6 heteroatoms. The van der Waals surface area contributed by atoms with Gasteiger partial charge in [0.15, 0.2) is 0 Å². The number of methoxy groups -OCH3 is 1. The summed E-state index contributed by atoms with van der Waals surface area (Å²) in [4.78, 5) is 12.6. The molecule has 1 fully saturated rings. The van der Waals surface area contributed by atoms with Gasteiger partial charge in [-0.25, -0.2) is 5.43 Å². The third-order valence-electron chi connectivity index (χ3n) is 6.11. The van der Waals surface area contributed by atoms with Crippen molar-refractivity contribution in [2.75, 3.05) is 7.11 Å². The highest BCUT2D eigenvalue weighted by Crippen LogP contribution is 2.47. The van der Waals surface area contributed by atoms with Gasteiger partial charge in [-0.05, 0) is 64.8 Å². The predicted molar refractivity (Wildman–Crippen MR) is 138 cm³/mol. The third-order valence-corrected chi connectivity index (χ3v) is 7.11. The standard InChI is InChI=1S/C28H32N2O3S/c1-28(2,3)22-10-8-20(9-11-22)24-15-25(24)27(31)30-29-16-19-7-12-26(32-4)21(14-19)17-34-18-23-6-5-13-33-23/h5-14,16,24-25H,15,17-18H2,1-4H3,(H,30,31)/b29-16+/t24-,25-/m0/s1. The van der Waals surface area contributed by atoms with Crippen LogP contribution >= 0.6 is 11.8 Å². The fourth-order valence-electron chi connectivity index (χ4n) is 3.98. The SMILES string of the molecule is COc1ccc(/C=N/NC(=O)[C@H]2C[C@H]2c2ccc(C(C)(C)C)cc2)cc1CSCc1ccco1. The van der Waals surface area contributed by atoms with Gasteiger partial charge in [0.2, 0.25) is 5.91 Å². The number of benzene rings is 2. The number of rotatable bonds is 9. The number of hydrogen-bond acceptors (Lipinski definition) is 5. The van der Waals surface area contributed by atoms with Crippen LogP contribution in [0.4, 0.5) is 0 Å². The second kappa shape index (κ2) is 10.5. The number of thioether (sulfide) groups is 1. The van der Waals surface area contributed by atoms with Crippen LogP contribution in [-0.4, -0.2) is 19.2 Å². The molecular weight excluding hydrogens is 444 g/mol. The zero-order valence-corrected chi connectivity index (χ0v) is 21.0. The number of nitrogens with zero attached hydrogens (tertiary/aromatic N) is 1. The minimum Gasteiger partial charge on any atom is -0.496 e. The highest BCUT2D eigenvalue weighted by Gasteiger charge is 2.44. The quantitative estimate of drug-likeness (QED) is 0.292. The Morgan fingerprint density at radius 3 is 2.65 bits per heavy atom. The second-order valence-corrected chi connectivity index (χ2v) is 10.7. The van der Waals surface area contributed by atoms with Gasteiger partial charge in [0.05, 0.1) is 25.3 Å². The van der Waals surface area contributed by atoms with Crippen LogP contribution in [0.15, 0.2) is 70.4 Å². The van der Waals surface area contributed by atoms with Crippen LogP contribution in [0.5, 0.6) is 5.75 Å². The van der Waals surface area contributed by atoms with E-state index in [1.807, 2.05) is 30.3 Å². The molecule has 1 aliphatic carbocycles. The molecule has 0 radical (unpaired) electrons. The van der Waals surface area contributed by atoms with Crippen molar-refractivity contribution < 1.29 is 13.9 Å². The lowest BCUT2D eigenvalue weighted by atomic mass is 9.86. The maximum atomic E-state index is 12.6. The number of amides is 1. The summed E-state index contributed by atoms with van der Waals surface area (Å²) in [5.74, 6) is 3.62. The monoisotopic (exact) mass is 476 g/mol. The molecule has 1 saturated carbocycles. The molecule has 3 aromatic rings. The topological polar surface area (TPSA) is 63.8 Å². The number of hydrogen-bond donors (Lipinski definition) is 1. The van der Waals surface area contributed by atoms with Crippen molar-refractivity contribution in [3.8, 4) is 5.75 Å². The summed E-state index contributed by atoms with van der Waals surface area (Å²) in [6, 6.07) is 18.4. The molecule has 5 nitrogen and oxygen atoms in total. The van der Waals surface area contributed by atoms with E-state index in [9.17, 15) is 4.79 Å². The van der Waals surface area contributed by atoms with Crippen molar-refractivity contribution in [2.24, 2.45) is 11.0 Å². The van der Waals surface area contributed by atoms with Crippen molar-refractivity contribution >= 4 is 23.9 Å². The Balaban J connectivity index is 1.30. The molecular formula is C28H32N2O3S. The van der Waals surface area contributed by atoms with Crippen molar-refractivity contribution in [3.63, 3.8) is 0 Å². The molecule has 1 N–H and O–H groups in total. The largest absolute Gasteiger partial charge is 0.496 e. The third kappa shape index (κ3) is 6.11. The molecule has 0 unspecified atom stereocenters. The first-order valence-corrected chi connectivity index (χ1v) is 12.7. The van der Waals surface area contributed by atoms with Crippen molar-refractivity contribution in [3.05, 3.63) is 88.9 Å². The van der Waals surface area contributed by atoms with Crippen LogP contribution in [0.3, 0.4) is 0 Å². The Morgan fingerprint density at radius 1 is 1.18 bits per heavy atom. The van der Waals surface area contributed by atoms with Gasteiger partial charge in [-0.15, -0.1) is 11.8 Å². The van der Waals surface area contributed by atoms with Gasteiger partial charge >= 0.3 is 0 Å². The van der Waals surface area contributed by atoms with Gasteiger partial charge in [-0.1, -0.05) is 45.0 Å². The van der Waals surface area contributed by atoms with Gasteiger partial charge in [-0.3, -0.25) is 4.79 Å². The number of carbonyl (C=O) groups excluding carboxylic acids is 1. The first-order chi connectivity index (χ1) is 16.3. The number of ether oxygens (including phenoxy) is 1. The number of nitrogens with one attached hydrogen (secondary N) is 1. The molecule has 0 aliphatic heterocycles. The molecule has 0 spiro atoms. The molecule has 1 aliphatic rings. The normalized spacial score (nSPS) is 17.6. The maximum absolute atomic E-state index is 12.6. The Hall–Kier alpha value is -2.99. The summed E-state index contributed by atoms with van der Waals surface area (Å²) in [5.41, 5.74) is 7.38. The fourth-order valence-corrected chi connectivity index (χ4v) is 4.90. The Labute approximate surface area is 206 Å². The summed E-state index contributed by atoms with van der Waals surface area (Å²) in [6.07, 6.45) is 4.25. The number of furan rings is 1. The lowest BCUT2D eigenvalue weighted by Crippen LogP contribution is -2.20. The average Bonchev–Trinajstić information content (AvgIpc) is 3.46. The van der Waals surface area contributed by atoms with E-state index in [0.29, 0.717) is 0 Å². The smallest absolute Gasteiger partial charge is 0.243 e. The van der Waals surface area contributed by atoms with E-state index in [-0.39, 0.29) is 23.2 Å². The van der Waals surface area contributed by atoms with Crippen LogP contribution in [0.2, 0.25) is 0 Å². The van der Waals surface area contributed by atoms with Gasteiger partial charge in [0, 0.05) is 17.2 Å². The lowest BCUT2D eigenvalue weighted by Gasteiger charge is -2.19. The zero-order chi connectivity index (χ0) is 24.1. The molecule has 1 amide bonds. The van der Waals surface area contributed by atoms with Crippen LogP contribution in [0.1, 0.15) is 61.1 Å². The minimum absolute atomic E-state index is 0.0120. The van der Waals surface area contributed by atoms with E-state index in [1.54, 1.807) is 31.3 Å². The van der Waals surface area contributed by atoms with Crippen LogP contribution < -0.4 is 10.2 Å².